The van der Waals surface area contributed by atoms with Gasteiger partial charge in [-0.3, -0.25) is 0 Å². The zero-order valence-electron chi connectivity index (χ0n) is 17.2. The monoisotopic (exact) mass is 458 g/mol. The van der Waals surface area contributed by atoms with Crippen LogP contribution in [0, 0.1) is 13.8 Å². The van der Waals surface area contributed by atoms with Gasteiger partial charge in [0.25, 0.3) is 0 Å². The maximum atomic E-state index is 12.6. The molecule has 3 aromatic rings. The fourth-order valence-corrected chi connectivity index (χ4v) is 6.17. The standard InChI is InChI=1S/C23H26N2O3Se/c1-15(2)20-21(26)24-23(27)25(14-28-13-18-8-6-5-7-9-18)22(20)29-19-11-16(3)10-17(4)12-19/h5-12,15H,13-14H2,1-4H3,(H,24,26,27). The van der Waals surface area contributed by atoms with E-state index in [1.807, 2.05) is 44.2 Å². The summed E-state index contributed by atoms with van der Waals surface area (Å²) >= 11 is -0.195. The normalized spacial score (nSPS) is 11.2. The van der Waals surface area contributed by atoms with Gasteiger partial charge in [0.05, 0.1) is 0 Å². The Morgan fingerprint density at radius 1 is 1.03 bits per heavy atom. The van der Waals surface area contributed by atoms with Gasteiger partial charge in [-0.1, -0.05) is 0 Å². The fourth-order valence-electron chi connectivity index (χ4n) is 3.24. The number of H-pyrrole nitrogens is 1. The van der Waals surface area contributed by atoms with Crippen molar-refractivity contribution < 1.29 is 4.74 Å². The average Bonchev–Trinajstić information content (AvgIpc) is 2.63. The second kappa shape index (κ2) is 9.40. The average molecular weight is 457 g/mol. The summed E-state index contributed by atoms with van der Waals surface area (Å²) in [6, 6.07) is 16.2. The number of aromatic amines is 1. The van der Waals surface area contributed by atoms with E-state index in [0.717, 1.165) is 14.6 Å². The van der Waals surface area contributed by atoms with Crippen LogP contribution in [0.15, 0.2) is 58.1 Å². The molecule has 6 heteroatoms. The molecule has 2 aromatic carbocycles. The molecule has 0 aliphatic rings. The molecule has 152 valence electrons. The number of hydrogen-bond donors (Lipinski definition) is 1. The quantitative estimate of drug-likeness (QED) is 0.553. The van der Waals surface area contributed by atoms with Gasteiger partial charge in [0, 0.05) is 0 Å². The molecule has 0 aliphatic heterocycles. The van der Waals surface area contributed by atoms with E-state index in [1.165, 1.54) is 11.1 Å². The number of aromatic nitrogens is 2. The molecule has 0 unspecified atom stereocenters. The Labute approximate surface area is 176 Å². The molecule has 0 spiro atoms. The van der Waals surface area contributed by atoms with Crippen LogP contribution in [0.25, 0.3) is 0 Å². The molecule has 0 radical (unpaired) electrons. The van der Waals surface area contributed by atoms with E-state index < -0.39 is 5.69 Å². The Kier molecular flexibility index (Phi) is 6.91. The van der Waals surface area contributed by atoms with Crippen molar-refractivity contribution >= 4 is 24.0 Å². The zero-order valence-corrected chi connectivity index (χ0v) is 18.9. The van der Waals surface area contributed by atoms with Crippen LogP contribution < -0.4 is 20.3 Å². The first kappa shape index (κ1) is 21.3. The number of nitrogens with one attached hydrogen (secondary N) is 1. The Bertz CT molecular complexity index is 1080. The summed E-state index contributed by atoms with van der Waals surface area (Å²) in [7, 11) is 0. The zero-order chi connectivity index (χ0) is 21.0. The van der Waals surface area contributed by atoms with E-state index in [-0.39, 0.29) is 33.2 Å². The van der Waals surface area contributed by atoms with Crippen LogP contribution >= 0.6 is 0 Å². The van der Waals surface area contributed by atoms with Crippen LogP contribution in [0.2, 0.25) is 0 Å². The summed E-state index contributed by atoms with van der Waals surface area (Å²) in [5, 5.41) is 0. The molecule has 0 saturated carbocycles. The first-order chi connectivity index (χ1) is 13.8. The maximum absolute atomic E-state index is 12.6. The Balaban J connectivity index is 1.98. The molecule has 0 aliphatic carbocycles. The molecule has 0 saturated heterocycles. The van der Waals surface area contributed by atoms with Crippen molar-refractivity contribution in [1.82, 2.24) is 9.55 Å². The molecular weight excluding hydrogens is 431 g/mol. The molecule has 0 atom stereocenters. The first-order valence-electron chi connectivity index (χ1n) is 9.60. The van der Waals surface area contributed by atoms with Gasteiger partial charge in [0.2, 0.25) is 0 Å². The molecule has 29 heavy (non-hydrogen) atoms. The minimum absolute atomic E-state index is 0.00232. The summed E-state index contributed by atoms with van der Waals surface area (Å²) in [6.45, 7) is 8.58. The van der Waals surface area contributed by atoms with E-state index >= 15 is 0 Å². The third-order valence-corrected chi connectivity index (χ3v) is 6.82. The Hall–Kier alpha value is -2.40. The number of rotatable bonds is 7. The van der Waals surface area contributed by atoms with Crippen LogP contribution in [0.5, 0.6) is 0 Å². The first-order valence-corrected chi connectivity index (χ1v) is 11.3. The Morgan fingerprint density at radius 2 is 1.69 bits per heavy atom. The molecule has 3 rings (SSSR count). The van der Waals surface area contributed by atoms with Crippen molar-refractivity contribution in [3.05, 3.63) is 91.6 Å². The van der Waals surface area contributed by atoms with Crippen molar-refractivity contribution in [3.63, 3.8) is 0 Å². The third-order valence-electron chi connectivity index (χ3n) is 4.50. The molecule has 1 N–H and O–H groups in total. The summed E-state index contributed by atoms with van der Waals surface area (Å²) in [5.74, 6) is 0.00232. The van der Waals surface area contributed by atoms with Gasteiger partial charge < -0.3 is 0 Å². The van der Waals surface area contributed by atoms with E-state index in [1.54, 1.807) is 4.57 Å². The van der Waals surface area contributed by atoms with E-state index in [2.05, 4.69) is 37.0 Å². The molecule has 1 aromatic heterocycles. The molecule has 0 fully saturated rings. The number of hydrogen-bond acceptors (Lipinski definition) is 3. The molecule has 5 nitrogen and oxygen atoms in total. The van der Waals surface area contributed by atoms with Crippen LogP contribution in [0.3, 0.4) is 0 Å². The van der Waals surface area contributed by atoms with Gasteiger partial charge in [-0.2, -0.15) is 0 Å². The predicted octanol–water partition coefficient (Wildman–Crippen LogP) is 2.11. The molecular formula is C23H26N2O3Se. The van der Waals surface area contributed by atoms with Gasteiger partial charge in [0.15, 0.2) is 0 Å². The van der Waals surface area contributed by atoms with Crippen LogP contribution in [-0.4, -0.2) is 24.5 Å². The van der Waals surface area contributed by atoms with Crippen molar-refractivity contribution in [1.29, 1.82) is 0 Å². The van der Waals surface area contributed by atoms with Crippen molar-refractivity contribution in [3.8, 4) is 0 Å². The summed E-state index contributed by atoms with van der Waals surface area (Å²) in [4.78, 5) is 27.7. The number of ether oxygens (including phenoxy) is 1. The van der Waals surface area contributed by atoms with Gasteiger partial charge in [0.1, 0.15) is 0 Å². The number of aryl methyl sites for hydroxylation is 2. The second-order valence-electron chi connectivity index (χ2n) is 7.45. The predicted molar refractivity (Wildman–Crippen MR) is 118 cm³/mol. The summed E-state index contributed by atoms with van der Waals surface area (Å²) in [5.41, 5.74) is 3.32. The van der Waals surface area contributed by atoms with Gasteiger partial charge >= 0.3 is 177 Å². The fraction of sp³-hybridized carbons (Fsp3) is 0.304. The van der Waals surface area contributed by atoms with Crippen molar-refractivity contribution in [2.24, 2.45) is 0 Å². The van der Waals surface area contributed by atoms with Crippen molar-refractivity contribution in [2.45, 2.75) is 47.0 Å². The van der Waals surface area contributed by atoms with E-state index in [9.17, 15) is 9.59 Å². The Morgan fingerprint density at radius 3 is 2.31 bits per heavy atom. The number of nitrogens with zero attached hydrogens (tertiary/aromatic N) is 1. The van der Waals surface area contributed by atoms with Crippen LogP contribution in [-0.2, 0) is 18.1 Å². The van der Waals surface area contributed by atoms with Gasteiger partial charge in [-0.15, -0.1) is 0 Å². The third kappa shape index (κ3) is 5.35. The SMILES string of the molecule is Cc1cc(C)cc([Se]c2c(C(C)C)c(=O)[nH]c(=O)n2COCc2ccccc2)c1. The second-order valence-corrected chi connectivity index (χ2v) is 9.68. The van der Waals surface area contributed by atoms with Crippen LogP contribution in [0.1, 0.15) is 42.0 Å². The summed E-state index contributed by atoms with van der Waals surface area (Å²) in [6.07, 6.45) is 0. The molecule has 0 amide bonds. The van der Waals surface area contributed by atoms with Gasteiger partial charge in [-0.05, 0) is 0 Å². The van der Waals surface area contributed by atoms with E-state index in [0.29, 0.717) is 12.2 Å². The van der Waals surface area contributed by atoms with Gasteiger partial charge in [-0.25, -0.2) is 0 Å². The van der Waals surface area contributed by atoms with Crippen LogP contribution in [0.4, 0.5) is 0 Å². The molecule has 0 bridgehead atoms. The van der Waals surface area contributed by atoms with Crippen molar-refractivity contribution in [2.75, 3.05) is 0 Å². The summed E-state index contributed by atoms with van der Waals surface area (Å²) < 4.78 is 9.33. The topological polar surface area (TPSA) is 64.1 Å². The minimum atomic E-state index is -0.422. The number of benzene rings is 2. The van der Waals surface area contributed by atoms with E-state index in [4.69, 9.17) is 4.74 Å². The molecule has 1 heterocycles.